The highest BCUT2D eigenvalue weighted by Gasteiger charge is 2.27. The molecule has 0 aliphatic carbocycles. The van der Waals surface area contributed by atoms with Crippen LogP contribution in [0.15, 0.2) is 48.8 Å². The zero-order valence-electron chi connectivity index (χ0n) is 13.4. The molecule has 1 aliphatic rings. The molecule has 0 bridgehead atoms. The van der Waals surface area contributed by atoms with E-state index in [0.29, 0.717) is 0 Å². The summed E-state index contributed by atoms with van der Waals surface area (Å²) >= 11 is 0. The maximum atomic E-state index is 12.8. The van der Waals surface area contributed by atoms with Gasteiger partial charge in [-0.05, 0) is 18.1 Å². The Morgan fingerprint density at radius 3 is 2.30 bits per heavy atom. The number of aromatic nitrogens is 2. The molecule has 0 unspecified atom stereocenters. The van der Waals surface area contributed by atoms with Gasteiger partial charge in [0.05, 0.1) is 5.92 Å². The molecule has 2 heterocycles. The summed E-state index contributed by atoms with van der Waals surface area (Å²) in [4.78, 5) is 25.5. The molecular formula is C18H22N4O. The van der Waals surface area contributed by atoms with Gasteiger partial charge in [-0.2, -0.15) is 0 Å². The molecule has 1 aromatic heterocycles. The molecule has 0 spiro atoms. The predicted octanol–water partition coefficient (Wildman–Crippen LogP) is 2.32. The third-order valence-electron chi connectivity index (χ3n) is 4.33. The van der Waals surface area contributed by atoms with Crippen LogP contribution in [0.2, 0.25) is 0 Å². The molecule has 0 N–H and O–H groups in total. The predicted molar refractivity (Wildman–Crippen MR) is 90.3 cm³/mol. The molecule has 1 saturated heterocycles. The summed E-state index contributed by atoms with van der Waals surface area (Å²) in [5, 5.41) is 0. The number of carbonyl (C=O) groups excluding carboxylic acids is 1. The van der Waals surface area contributed by atoms with Gasteiger partial charge in [0, 0.05) is 38.6 Å². The van der Waals surface area contributed by atoms with E-state index < -0.39 is 0 Å². The van der Waals surface area contributed by atoms with Crippen LogP contribution in [0.1, 0.15) is 24.8 Å². The third kappa shape index (κ3) is 3.50. The quantitative estimate of drug-likeness (QED) is 0.869. The van der Waals surface area contributed by atoms with Crippen molar-refractivity contribution in [3.8, 4) is 0 Å². The van der Waals surface area contributed by atoms with Crippen LogP contribution in [0.3, 0.4) is 0 Å². The van der Waals surface area contributed by atoms with E-state index in [4.69, 9.17) is 0 Å². The van der Waals surface area contributed by atoms with E-state index in [1.807, 2.05) is 41.3 Å². The Morgan fingerprint density at radius 2 is 1.70 bits per heavy atom. The van der Waals surface area contributed by atoms with Gasteiger partial charge in [-0.3, -0.25) is 4.79 Å². The first kappa shape index (κ1) is 15.5. The molecule has 1 fully saturated rings. The lowest BCUT2D eigenvalue weighted by molar-refractivity contribution is -0.133. The highest BCUT2D eigenvalue weighted by atomic mass is 16.2. The van der Waals surface area contributed by atoms with Gasteiger partial charge in [0.15, 0.2) is 0 Å². The zero-order chi connectivity index (χ0) is 16.1. The van der Waals surface area contributed by atoms with E-state index >= 15 is 0 Å². The number of nitrogens with zero attached hydrogens (tertiary/aromatic N) is 4. The SMILES string of the molecule is CC[C@@H](C(=O)N1CCN(c2ncccn2)CC1)c1ccccc1. The van der Waals surface area contributed by atoms with Crippen molar-refractivity contribution < 1.29 is 4.79 Å². The van der Waals surface area contributed by atoms with Crippen molar-refractivity contribution in [3.05, 3.63) is 54.4 Å². The molecule has 1 aliphatic heterocycles. The summed E-state index contributed by atoms with van der Waals surface area (Å²) in [5.74, 6) is 0.928. The number of carbonyl (C=O) groups is 1. The Balaban J connectivity index is 1.64. The maximum Gasteiger partial charge on any atom is 0.230 e. The highest BCUT2D eigenvalue weighted by Crippen LogP contribution is 2.23. The molecule has 5 heteroatoms. The monoisotopic (exact) mass is 310 g/mol. The van der Waals surface area contributed by atoms with E-state index in [9.17, 15) is 4.79 Å². The van der Waals surface area contributed by atoms with Crippen molar-refractivity contribution in [1.29, 1.82) is 0 Å². The van der Waals surface area contributed by atoms with Crippen LogP contribution >= 0.6 is 0 Å². The van der Waals surface area contributed by atoms with Crippen molar-refractivity contribution in [2.45, 2.75) is 19.3 Å². The number of anilines is 1. The Labute approximate surface area is 137 Å². The largest absolute Gasteiger partial charge is 0.339 e. The van der Waals surface area contributed by atoms with Gasteiger partial charge >= 0.3 is 0 Å². The second-order valence-corrected chi connectivity index (χ2v) is 5.73. The molecule has 1 aromatic carbocycles. The minimum Gasteiger partial charge on any atom is -0.339 e. The number of hydrogen-bond acceptors (Lipinski definition) is 4. The third-order valence-corrected chi connectivity index (χ3v) is 4.33. The summed E-state index contributed by atoms with van der Waals surface area (Å²) in [6.45, 7) is 5.08. The minimum atomic E-state index is -0.0456. The summed E-state index contributed by atoms with van der Waals surface area (Å²) in [6.07, 6.45) is 4.33. The van der Waals surface area contributed by atoms with Gasteiger partial charge in [-0.1, -0.05) is 37.3 Å². The average Bonchev–Trinajstić information content (AvgIpc) is 2.64. The molecule has 3 rings (SSSR count). The van der Waals surface area contributed by atoms with Crippen molar-refractivity contribution in [1.82, 2.24) is 14.9 Å². The fourth-order valence-electron chi connectivity index (χ4n) is 3.04. The Bertz CT molecular complexity index is 624. The van der Waals surface area contributed by atoms with Crippen LogP contribution in [0, 0.1) is 0 Å². The molecule has 120 valence electrons. The molecule has 0 radical (unpaired) electrons. The van der Waals surface area contributed by atoms with Gasteiger partial charge in [0.25, 0.3) is 0 Å². The standard InChI is InChI=1S/C18H22N4O/c1-2-16(15-7-4-3-5-8-15)17(23)21-11-13-22(14-12-21)18-19-9-6-10-20-18/h3-10,16H,2,11-14H2,1H3/t16-/m1/s1. The first-order valence-corrected chi connectivity index (χ1v) is 8.15. The van der Waals surface area contributed by atoms with Gasteiger partial charge in [0.1, 0.15) is 0 Å². The Kier molecular flexibility index (Phi) is 4.86. The average molecular weight is 310 g/mol. The number of benzene rings is 1. The first-order chi connectivity index (χ1) is 11.3. The van der Waals surface area contributed by atoms with Crippen LogP contribution in [0.25, 0.3) is 0 Å². The van der Waals surface area contributed by atoms with Crippen molar-refractivity contribution in [2.24, 2.45) is 0 Å². The normalized spacial score (nSPS) is 16.2. The smallest absolute Gasteiger partial charge is 0.230 e. The van der Waals surface area contributed by atoms with E-state index in [0.717, 1.165) is 44.1 Å². The summed E-state index contributed by atoms with van der Waals surface area (Å²) in [6, 6.07) is 11.9. The molecule has 5 nitrogen and oxygen atoms in total. The zero-order valence-corrected chi connectivity index (χ0v) is 13.4. The molecule has 23 heavy (non-hydrogen) atoms. The maximum absolute atomic E-state index is 12.8. The minimum absolute atomic E-state index is 0.0456. The molecule has 1 atom stereocenters. The van der Waals surface area contributed by atoms with Gasteiger partial charge in [-0.25, -0.2) is 9.97 Å². The van der Waals surface area contributed by atoms with Crippen molar-refractivity contribution >= 4 is 11.9 Å². The first-order valence-electron chi connectivity index (χ1n) is 8.15. The van der Waals surface area contributed by atoms with Gasteiger partial charge in [0.2, 0.25) is 11.9 Å². The lowest BCUT2D eigenvalue weighted by Crippen LogP contribution is -2.50. The van der Waals surface area contributed by atoms with Crippen LogP contribution < -0.4 is 4.90 Å². The molecule has 2 aromatic rings. The molecule has 1 amide bonds. The van der Waals surface area contributed by atoms with E-state index in [1.54, 1.807) is 12.4 Å². The van der Waals surface area contributed by atoms with Crippen LogP contribution in [-0.4, -0.2) is 47.0 Å². The van der Waals surface area contributed by atoms with Crippen molar-refractivity contribution in [3.63, 3.8) is 0 Å². The van der Waals surface area contributed by atoms with Crippen LogP contribution in [-0.2, 0) is 4.79 Å². The summed E-state index contributed by atoms with van der Waals surface area (Å²) in [7, 11) is 0. The van der Waals surface area contributed by atoms with Gasteiger partial charge in [-0.15, -0.1) is 0 Å². The molecular weight excluding hydrogens is 288 g/mol. The van der Waals surface area contributed by atoms with Crippen molar-refractivity contribution in [2.75, 3.05) is 31.1 Å². The fraction of sp³-hybridized carbons (Fsp3) is 0.389. The Hall–Kier alpha value is -2.43. The topological polar surface area (TPSA) is 49.3 Å². The van der Waals surface area contributed by atoms with Crippen LogP contribution in [0.4, 0.5) is 5.95 Å². The molecule has 0 saturated carbocycles. The highest BCUT2D eigenvalue weighted by molar-refractivity contribution is 5.84. The van der Waals surface area contributed by atoms with Crippen LogP contribution in [0.5, 0.6) is 0 Å². The number of rotatable bonds is 4. The van der Waals surface area contributed by atoms with E-state index in [2.05, 4.69) is 21.8 Å². The second-order valence-electron chi connectivity index (χ2n) is 5.73. The Morgan fingerprint density at radius 1 is 1.04 bits per heavy atom. The number of hydrogen-bond donors (Lipinski definition) is 0. The van der Waals surface area contributed by atoms with E-state index in [1.165, 1.54) is 0 Å². The lowest BCUT2D eigenvalue weighted by atomic mass is 9.95. The summed E-state index contributed by atoms with van der Waals surface area (Å²) < 4.78 is 0. The van der Waals surface area contributed by atoms with E-state index in [-0.39, 0.29) is 11.8 Å². The number of piperazine rings is 1. The fourth-order valence-corrected chi connectivity index (χ4v) is 3.04. The second kappa shape index (κ2) is 7.22. The summed E-state index contributed by atoms with van der Waals surface area (Å²) in [5.41, 5.74) is 1.11. The number of amides is 1. The lowest BCUT2D eigenvalue weighted by Gasteiger charge is -2.36. The van der Waals surface area contributed by atoms with Gasteiger partial charge < -0.3 is 9.80 Å².